The quantitative estimate of drug-likeness (QED) is 0.214. The number of aryl methyl sites for hydroxylation is 1. The van der Waals surface area contributed by atoms with Crippen LogP contribution in [0.15, 0.2) is 54.6 Å². The number of hydrogen-bond acceptors (Lipinski definition) is 6. The molecule has 1 atom stereocenters. The third-order valence-electron chi connectivity index (χ3n) is 6.98. The van der Waals surface area contributed by atoms with Crippen molar-refractivity contribution in [1.29, 1.82) is 0 Å². The van der Waals surface area contributed by atoms with E-state index in [0.717, 1.165) is 37.4 Å². The average Bonchev–Trinajstić information content (AvgIpc) is 3.48. The van der Waals surface area contributed by atoms with Gasteiger partial charge in [0.2, 0.25) is 5.78 Å². The molecule has 1 aliphatic heterocycles. The second-order valence-electron chi connectivity index (χ2n) is 9.63. The highest BCUT2D eigenvalue weighted by Gasteiger charge is 2.26. The van der Waals surface area contributed by atoms with E-state index in [2.05, 4.69) is 11.8 Å². The van der Waals surface area contributed by atoms with Gasteiger partial charge in [-0.25, -0.2) is 4.39 Å². The molecule has 0 saturated carbocycles. The van der Waals surface area contributed by atoms with E-state index >= 15 is 0 Å². The number of carbonyl (C=O) groups is 1. The van der Waals surface area contributed by atoms with Crippen LogP contribution in [0.25, 0.3) is 10.1 Å². The zero-order valence-electron chi connectivity index (χ0n) is 21.3. The van der Waals surface area contributed by atoms with Crippen molar-refractivity contribution >= 4 is 38.8 Å². The molecule has 5 rings (SSSR count). The van der Waals surface area contributed by atoms with Gasteiger partial charge in [-0.1, -0.05) is 24.9 Å². The number of phenolic OH excluding ortho intramolecular Hbond substituents is 1. The number of carbonyl (C=O) groups excluding carboxylic acids is 1. The fourth-order valence-electron chi connectivity index (χ4n) is 4.88. The largest absolute Gasteiger partial charge is 0.508 e. The van der Waals surface area contributed by atoms with Crippen molar-refractivity contribution in [3.05, 3.63) is 81.4 Å². The van der Waals surface area contributed by atoms with Gasteiger partial charge in [0, 0.05) is 28.7 Å². The third-order valence-corrected chi connectivity index (χ3v) is 8.41. The van der Waals surface area contributed by atoms with Crippen molar-refractivity contribution in [1.82, 2.24) is 4.90 Å². The molecule has 1 aliphatic rings. The first-order valence-corrected chi connectivity index (χ1v) is 13.9. The second-order valence-corrected chi connectivity index (χ2v) is 11.1. The lowest BCUT2D eigenvalue weighted by Gasteiger charge is -2.16. The van der Waals surface area contributed by atoms with Crippen LogP contribution in [0.5, 0.6) is 23.0 Å². The molecule has 0 aliphatic carbocycles. The Morgan fingerprint density at radius 3 is 2.63 bits per heavy atom. The monoisotopic (exact) mass is 553 g/mol. The minimum atomic E-state index is -0.505. The number of rotatable bonds is 9. The Morgan fingerprint density at radius 1 is 1.16 bits per heavy atom. The highest BCUT2D eigenvalue weighted by Crippen LogP contribution is 2.43. The number of phenols is 1. The lowest BCUT2D eigenvalue weighted by atomic mass is 10.0. The first kappa shape index (κ1) is 26.5. The van der Waals surface area contributed by atoms with Gasteiger partial charge in [0.1, 0.15) is 34.5 Å². The molecule has 0 unspecified atom stereocenters. The van der Waals surface area contributed by atoms with Crippen LogP contribution in [-0.4, -0.2) is 42.0 Å². The summed E-state index contributed by atoms with van der Waals surface area (Å²) in [5.41, 5.74) is 0.660. The van der Waals surface area contributed by atoms with Crippen LogP contribution in [0.1, 0.15) is 40.6 Å². The van der Waals surface area contributed by atoms with E-state index in [1.807, 2.05) is 12.1 Å². The molecule has 0 radical (unpaired) electrons. The summed E-state index contributed by atoms with van der Waals surface area (Å²) in [6, 6.07) is 14.5. The number of likely N-dealkylation sites (tertiary alicyclic amines) is 1. The van der Waals surface area contributed by atoms with Gasteiger partial charge in [-0.3, -0.25) is 9.69 Å². The fraction of sp³-hybridized carbons (Fsp3) is 0.300. The number of ether oxygens (including phenoxy) is 2. The molecule has 38 heavy (non-hydrogen) atoms. The van der Waals surface area contributed by atoms with E-state index in [4.69, 9.17) is 21.1 Å². The molecule has 8 heteroatoms. The molecule has 4 aromatic rings. The predicted octanol–water partition coefficient (Wildman–Crippen LogP) is 7.84. The van der Waals surface area contributed by atoms with Gasteiger partial charge < -0.3 is 14.6 Å². The zero-order chi connectivity index (χ0) is 26.8. The van der Waals surface area contributed by atoms with E-state index in [0.29, 0.717) is 38.6 Å². The first-order chi connectivity index (χ1) is 18.3. The lowest BCUT2D eigenvalue weighted by Crippen LogP contribution is -2.26. The van der Waals surface area contributed by atoms with Gasteiger partial charge in [0.15, 0.2) is 5.75 Å². The van der Waals surface area contributed by atoms with Crippen LogP contribution in [0.2, 0.25) is 5.02 Å². The summed E-state index contributed by atoms with van der Waals surface area (Å²) in [6.45, 7) is 7.68. The first-order valence-electron chi connectivity index (χ1n) is 12.7. The zero-order valence-corrected chi connectivity index (χ0v) is 22.9. The number of ketones is 1. The Morgan fingerprint density at radius 2 is 1.92 bits per heavy atom. The van der Waals surface area contributed by atoms with Crippen LogP contribution in [-0.2, 0) is 0 Å². The number of hydrogen-bond donors (Lipinski definition) is 1. The Hall–Kier alpha value is -3.13. The van der Waals surface area contributed by atoms with E-state index in [1.165, 1.54) is 30.2 Å². The number of aromatic hydroxyl groups is 1. The molecule has 3 aromatic carbocycles. The van der Waals surface area contributed by atoms with Crippen LogP contribution in [0, 0.1) is 18.7 Å². The summed E-state index contributed by atoms with van der Waals surface area (Å²) in [6.07, 6.45) is 2.49. The standard InChI is InChI=1S/C30H29ClFNO4S/c1-3-19-10-11-33(17-19)12-13-36-22-5-7-23(8-6-22)37-29-24-9-4-21(34)16-26(24)38-30(29)28(35)27-18(2)14-20(32)15-25(27)31/h4-9,14-16,19,34H,3,10-13,17H2,1-2H3/t19-/m1/s1. The molecule has 2 heterocycles. The molecule has 1 aromatic heterocycles. The maximum atomic E-state index is 13.8. The molecular formula is C30H29ClFNO4S. The fourth-order valence-corrected chi connectivity index (χ4v) is 6.33. The number of fused-ring (bicyclic) bond motifs is 1. The van der Waals surface area contributed by atoms with E-state index in [9.17, 15) is 14.3 Å². The van der Waals surface area contributed by atoms with Crippen molar-refractivity contribution in [3.63, 3.8) is 0 Å². The van der Waals surface area contributed by atoms with Crippen LogP contribution >= 0.6 is 22.9 Å². The predicted molar refractivity (Wildman–Crippen MR) is 150 cm³/mol. The summed E-state index contributed by atoms with van der Waals surface area (Å²) < 4.78 is 26.7. The molecule has 1 saturated heterocycles. The molecule has 1 N–H and O–H groups in total. The van der Waals surface area contributed by atoms with Crippen LogP contribution in [0.4, 0.5) is 4.39 Å². The molecule has 5 nitrogen and oxygen atoms in total. The Balaban J connectivity index is 1.36. The molecule has 0 bridgehead atoms. The second kappa shape index (κ2) is 11.3. The maximum Gasteiger partial charge on any atom is 0.208 e. The van der Waals surface area contributed by atoms with E-state index in [-0.39, 0.29) is 22.1 Å². The molecule has 0 spiro atoms. The Kier molecular flexibility index (Phi) is 7.88. The van der Waals surface area contributed by atoms with Gasteiger partial charge in [-0.15, -0.1) is 11.3 Å². The number of nitrogens with zero attached hydrogens (tertiary/aromatic N) is 1. The average molecular weight is 554 g/mol. The third kappa shape index (κ3) is 5.65. The van der Waals surface area contributed by atoms with E-state index in [1.54, 1.807) is 37.3 Å². The number of halogens is 2. The minimum Gasteiger partial charge on any atom is -0.508 e. The van der Waals surface area contributed by atoms with Crippen LogP contribution < -0.4 is 9.47 Å². The van der Waals surface area contributed by atoms with Gasteiger partial charge in [-0.2, -0.15) is 0 Å². The number of benzene rings is 3. The normalized spacial score (nSPS) is 15.7. The molecular weight excluding hydrogens is 525 g/mol. The Bertz CT molecular complexity index is 1450. The molecule has 1 fully saturated rings. The molecule has 0 amide bonds. The summed E-state index contributed by atoms with van der Waals surface area (Å²) >= 11 is 7.47. The summed E-state index contributed by atoms with van der Waals surface area (Å²) in [5, 5.41) is 10.7. The van der Waals surface area contributed by atoms with Gasteiger partial charge in [0.05, 0.1) is 5.02 Å². The van der Waals surface area contributed by atoms with Crippen molar-refractivity contribution in [2.24, 2.45) is 5.92 Å². The highest BCUT2D eigenvalue weighted by atomic mass is 35.5. The van der Waals surface area contributed by atoms with Crippen molar-refractivity contribution in [2.75, 3.05) is 26.2 Å². The van der Waals surface area contributed by atoms with Gasteiger partial charge >= 0.3 is 0 Å². The molecule has 198 valence electrons. The van der Waals surface area contributed by atoms with Gasteiger partial charge in [0.25, 0.3) is 0 Å². The smallest absolute Gasteiger partial charge is 0.208 e. The van der Waals surface area contributed by atoms with Crippen LogP contribution in [0.3, 0.4) is 0 Å². The van der Waals surface area contributed by atoms with E-state index < -0.39 is 5.82 Å². The number of thiophene rings is 1. The van der Waals surface area contributed by atoms with Crippen molar-refractivity contribution in [3.8, 4) is 23.0 Å². The summed E-state index contributed by atoms with van der Waals surface area (Å²) in [4.78, 5) is 16.4. The maximum absolute atomic E-state index is 13.8. The highest BCUT2D eigenvalue weighted by molar-refractivity contribution is 7.21. The summed E-state index contributed by atoms with van der Waals surface area (Å²) in [5.74, 6) is 1.65. The van der Waals surface area contributed by atoms with Crippen molar-refractivity contribution < 1.29 is 23.8 Å². The summed E-state index contributed by atoms with van der Waals surface area (Å²) in [7, 11) is 0. The van der Waals surface area contributed by atoms with Gasteiger partial charge in [-0.05, 0) is 86.0 Å². The lowest BCUT2D eigenvalue weighted by molar-refractivity contribution is 0.104. The Labute approximate surface area is 230 Å². The SMILES string of the molecule is CC[C@@H]1CCN(CCOc2ccc(Oc3c(C(=O)c4c(C)cc(F)cc4Cl)sc4cc(O)ccc34)cc2)C1. The topological polar surface area (TPSA) is 59.0 Å². The van der Waals surface area contributed by atoms with Crippen molar-refractivity contribution in [2.45, 2.75) is 26.7 Å². The minimum absolute atomic E-state index is 0.0411.